The van der Waals surface area contributed by atoms with E-state index in [4.69, 9.17) is 4.98 Å². The highest BCUT2D eigenvalue weighted by atomic mass is 16.1. The third kappa shape index (κ3) is 3.59. The molecule has 0 bridgehead atoms. The molecule has 0 atom stereocenters. The zero-order valence-electron chi connectivity index (χ0n) is 18.4. The summed E-state index contributed by atoms with van der Waals surface area (Å²) in [6.07, 6.45) is 3.80. The highest BCUT2D eigenvalue weighted by Gasteiger charge is 2.15. The van der Waals surface area contributed by atoms with Crippen LogP contribution in [0.15, 0.2) is 97.3 Å². The number of carbonyl (C=O) groups excluding carboxylic acids is 1. The Bertz CT molecular complexity index is 1670. The first-order valence-corrected chi connectivity index (χ1v) is 10.9. The molecule has 4 aromatic heterocycles. The minimum absolute atomic E-state index is 0.242. The molecular formula is C27H20N6O. The molecule has 0 aliphatic heterocycles. The van der Waals surface area contributed by atoms with Crippen molar-refractivity contribution >= 4 is 28.3 Å². The molecule has 164 valence electrons. The molecule has 1 N–H and O–H groups in total. The summed E-state index contributed by atoms with van der Waals surface area (Å²) < 4.78 is 3.56. The van der Waals surface area contributed by atoms with Gasteiger partial charge in [0, 0.05) is 35.0 Å². The second-order valence-electron chi connectivity index (χ2n) is 8.07. The van der Waals surface area contributed by atoms with Gasteiger partial charge in [0.25, 0.3) is 5.91 Å². The first-order chi connectivity index (χ1) is 16.6. The Morgan fingerprint density at radius 1 is 0.882 bits per heavy atom. The summed E-state index contributed by atoms with van der Waals surface area (Å²) in [5.41, 5.74) is 4.74. The number of anilines is 1. The van der Waals surface area contributed by atoms with Crippen molar-refractivity contribution in [1.29, 1.82) is 0 Å². The molecule has 34 heavy (non-hydrogen) atoms. The van der Waals surface area contributed by atoms with Gasteiger partial charge in [0.15, 0.2) is 5.82 Å². The summed E-state index contributed by atoms with van der Waals surface area (Å²) in [5.74, 6) is 0.950. The van der Waals surface area contributed by atoms with Crippen molar-refractivity contribution in [3.8, 4) is 17.1 Å². The largest absolute Gasteiger partial charge is 0.306 e. The van der Waals surface area contributed by atoms with Crippen LogP contribution < -0.4 is 5.32 Å². The second kappa shape index (κ2) is 7.97. The minimum atomic E-state index is -0.242. The van der Waals surface area contributed by atoms with Gasteiger partial charge in [0.2, 0.25) is 0 Å². The summed E-state index contributed by atoms with van der Waals surface area (Å²) in [5, 5.41) is 8.57. The number of para-hydroxylation sites is 1. The monoisotopic (exact) mass is 444 g/mol. The Balaban J connectivity index is 1.31. The fourth-order valence-electron chi connectivity index (χ4n) is 4.00. The summed E-state index contributed by atoms with van der Waals surface area (Å²) >= 11 is 0. The molecule has 6 aromatic rings. The van der Waals surface area contributed by atoms with Crippen molar-refractivity contribution in [2.24, 2.45) is 0 Å². The third-order valence-corrected chi connectivity index (χ3v) is 5.67. The van der Waals surface area contributed by atoms with Gasteiger partial charge in [-0.2, -0.15) is 9.78 Å². The molecule has 0 saturated carbocycles. The molecule has 4 heterocycles. The highest BCUT2D eigenvalue weighted by Crippen LogP contribution is 2.22. The Labute approximate surface area is 195 Å². The molecule has 7 nitrogen and oxygen atoms in total. The number of benzene rings is 2. The topological polar surface area (TPSA) is 77.1 Å². The van der Waals surface area contributed by atoms with E-state index in [0.29, 0.717) is 22.8 Å². The number of imidazole rings is 1. The Morgan fingerprint density at radius 2 is 1.71 bits per heavy atom. The number of amides is 1. The second-order valence-corrected chi connectivity index (χ2v) is 8.07. The van der Waals surface area contributed by atoms with Crippen LogP contribution in [0, 0.1) is 6.92 Å². The number of hydrogen-bond donors (Lipinski definition) is 1. The SMILES string of the molecule is Cc1cc(NC(=O)c2ccn3cc(-c4ccccc4)nc3c2)n(-c2ccc3ccccc3n2)n1. The predicted octanol–water partition coefficient (Wildman–Crippen LogP) is 5.30. The van der Waals surface area contributed by atoms with Crippen LogP contribution in [0.25, 0.3) is 33.6 Å². The maximum atomic E-state index is 13.1. The Kier molecular flexibility index (Phi) is 4.66. The molecule has 6 rings (SSSR count). The summed E-state index contributed by atoms with van der Waals surface area (Å²) in [4.78, 5) is 22.5. The molecule has 0 unspecified atom stereocenters. The number of fused-ring (bicyclic) bond motifs is 2. The molecule has 0 aliphatic rings. The van der Waals surface area contributed by atoms with E-state index in [1.54, 1.807) is 16.8 Å². The molecular weight excluding hydrogens is 424 g/mol. The van der Waals surface area contributed by atoms with Crippen LogP contribution >= 0.6 is 0 Å². The van der Waals surface area contributed by atoms with Gasteiger partial charge in [-0.15, -0.1) is 0 Å². The van der Waals surface area contributed by atoms with E-state index in [1.165, 1.54) is 0 Å². The van der Waals surface area contributed by atoms with Gasteiger partial charge in [-0.3, -0.25) is 4.79 Å². The molecule has 1 amide bonds. The number of aryl methyl sites for hydroxylation is 1. The van der Waals surface area contributed by atoms with E-state index in [9.17, 15) is 4.79 Å². The maximum absolute atomic E-state index is 13.1. The number of nitrogens with zero attached hydrogens (tertiary/aromatic N) is 5. The molecule has 0 saturated heterocycles. The van der Waals surface area contributed by atoms with Crippen LogP contribution in [-0.4, -0.2) is 30.1 Å². The summed E-state index contributed by atoms with van der Waals surface area (Å²) in [7, 11) is 0. The minimum Gasteiger partial charge on any atom is -0.306 e. The lowest BCUT2D eigenvalue weighted by molar-refractivity contribution is 0.102. The molecule has 0 radical (unpaired) electrons. The number of pyridine rings is 2. The van der Waals surface area contributed by atoms with Crippen LogP contribution in [0.3, 0.4) is 0 Å². The Hall–Kier alpha value is -4.78. The zero-order chi connectivity index (χ0) is 23.1. The third-order valence-electron chi connectivity index (χ3n) is 5.67. The van der Waals surface area contributed by atoms with Crippen molar-refractivity contribution in [3.63, 3.8) is 0 Å². The number of rotatable bonds is 4. The lowest BCUT2D eigenvalue weighted by Gasteiger charge is -2.09. The van der Waals surface area contributed by atoms with Gasteiger partial charge < -0.3 is 9.72 Å². The standard InChI is InChI=1S/C27H20N6O/c1-18-15-26(33(31-18)24-12-11-20-9-5-6-10-22(20)28-24)30-27(34)21-13-14-32-17-23(29-25(32)16-21)19-7-3-2-4-8-19/h2-17H,1H3,(H,30,34). The highest BCUT2D eigenvalue weighted by molar-refractivity contribution is 6.04. The van der Waals surface area contributed by atoms with Gasteiger partial charge in [-0.05, 0) is 37.3 Å². The molecule has 0 fully saturated rings. The van der Waals surface area contributed by atoms with Crippen LogP contribution in [0.4, 0.5) is 5.82 Å². The number of nitrogens with one attached hydrogen (secondary N) is 1. The molecule has 0 spiro atoms. The fourth-order valence-corrected chi connectivity index (χ4v) is 4.00. The van der Waals surface area contributed by atoms with Gasteiger partial charge in [0.1, 0.15) is 11.5 Å². The number of aromatic nitrogens is 5. The zero-order valence-corrected chi connectivity index (χ0v) is 18.4. The average Bonchev–Trinajstić information content (AvgIpc) is 3.47. The molecule has 2 aromatic carbocycles. The van der Waals surface area contributed by atoms with E-state index in [0.717, 1.165) is 27.9 Å². The Morgan fingerprint density at radius 3 is 2.59 bits per heavy atom. The first-order valence-electron chi connectivity index (χ1n) is 10.9. The quantitative estimate of drug-likeness (QED) is 0.400. The lowest BCUT2D eigenvalue weighted by atomic mass is 10.2. The van der Waals surface area contributed by atoms with E-state index in [2.05, 4.69) is 15.4 Å². The van der Waals surface area contributed by atoms with Crippen molar-refractivity contribution in [3.05, 3.63) is 109 Å². The average molecular weight is 444 g/mol. The van der Waals surface area contributed by atoms with Crippen molar-refractivity contribution < 1.29 is 4.79 Å². The summed E-state index contributed by atoms with van der Waals surface area (Å²) in [6, 6.07) is 27.1. The number of carbonyl (C=O) groups is 1. The van der Waals surface area contributed by atoms with Gasteiger partial charge >= 0.3 is 0 Å². The van der Waals surface area contributed by atoms with E-state index >= 15 is 0 Å². The van der Waals surface area contributed by atoms with Crippen molar-refractivity contribution in [2.45, 2.75) is 6.92 Å². The van der Waals surface area contributed by atoms with Crippen LogP contribution in [0.1, 0.15) is 16.1 Å². The van der Waals surface area contributed by atoms with Crippen LogP contribution in [-0.2, 0) is 0 Å². The van der Waals surface area contributed by atoms with Crippen molar-refractivity contribution in [1.82, 2.24) is 24.1 Å². The molecule has 0 aliphatic carbocycles. The van der Waals surface area contributed by atoms with Crippen molar-refractivity contribution in [2.75, 3.05) is 5.32 Å². The van der Waals surface area contributed by atoms with Gasteiger partial charge in [0.05, 0.1) is 16.9 Å². The van der Waals surface area contributed by atoms with Crippen LogP contribution in [0.5, 0.6) is 0 Å². The predicted molar refractivity (Wildman–Crippen MR) is 132 cm³/mol. The van der Waals surface area contributed by atoms with Gasteiger partial charge in [-0.25, -0.2) is 9.97 Å². The fraction of sp³-hybridized carbons (Fsp3) is 0.0370. The summed E-state index contributed by atoms with van der Waals surface area (Å²) in [6.45, 7) is 1.88. The smallest absolute Gasteiger partial charge is 0.257 e. The van der Waals surface area contributed by atoms with E-state index in [-0.39, 0.29) is 5.91 Å². The van der Waals surface area contributed by atoms with Gasteiger partial charge in [-0.1, -0.05) is 48.5 Å². The van der Waals surface area contributed by atoms with E-state index in [1.807, 2.05) is 96.5 Å². The first kappa shape index (κ1) is 19.9. The maximum Gasteiger partial charge on any atom is 0.257 e. The normalized spacial score (nSPS) is 11.2. The van der Waals surface area contributed by atoms with Crippen LogP contribution in [0.2, 0.25) is 0 Å². The number of hydrogen-bond acceptors (Lipinski definition) is 4. The van der Waals surface area contributed by atoms with E-state index < -0.39 is 0 Å². The lowest BCUT2D eigenvalue weighted by Crippen LogP contribution is -2.15. The molecule has 7 heteroatoms.